The van der Waals surface area contributed by atoms with Gasteiger partial charge in [-0.2, -0.15) is 13.0 Å². The average molecular weight is 418 g/mol. The molecule has 0 aliphatic heterocycles. The number of Topliss-reactive ketones (excluding diaryl/α,β-unsaturated/α-hetero) is 1. The Hall–Kier alpha value is -3.58. The third-order valence-corrected chi connectivity index (χ3v) is 6.01. The van der Waals surface area contributed by atoms with Crippen molar-refractivity contribution in [3.8, 4) is 0 Å². The molecule has 7 heteroatoms. The lowest BCUT2D eigenvalue weighted by atomic mass is 9.91. The van der Waals surface area contributed by atoms with Crippen LogP contribution in [-0.4, -0.2) is 19.9 Å². The Balaban J connectivity index is 2.03. The lowest BCUT2D eigenvalue weighted by molar-refractivity contribution is -0.578. The Morgan fingerprint density at radius 2 is 1.43 bits per heavy atom. The molecule has 4 rings (SSSR count). The van der Waals surface area contributed by atoms with Crippen LogP contribution in [0.4, 0.5) is 0 Å². The highest BCUT2D eigenvalue weighted by Crippen LogP contribution is 2.28. The number of sulfonamides is 1. The first kappa shape index (κ1) is 19.7. The van der Waals surface area contributed by atoms with E-state index in [0.29, 0.717) is 0 Å². The van der Waals surface area contributed by atoms with Crippen molar-refractivity contribution in [2.45, 2.75) is 18.7 Å². The molecule has 3 aromatic rings. The maximum atomic E-state index is 13.3. The Kier molecular flexibility index (Phi) is 4.83. The van der Waals surface area contributed by atoms with Gasteiger partial charge in [0.05, 0.1) is 4.90 Å². The number of allylic oxidation sites excluding steroid dienone is 1. The first-order valence-electron chi connectivity index (χ1n) is 9.23. The number of ketones is 1. The zero-order chi connectivity index (χ0) is 21.5. The van der Waals surface area contributed by atoms with Crippen LogP contribution in [0.3, 0.4) is 0 Å². The summed E-state index contributed by atoms with van der Waals surface area (Å²) in [5.74, 6) is -1.06. The van der Waals surface area contributed by atoms with Gasteiger partial charge in [0.1, 0.15) is 0 Å². The molecule has 0 unspecified atom stereocenters. The third kappa shape index (κ3) is 3.44. The quantitative estimate of drug-likeness (QED) is 0.611. The summed E-state index contributed by atoms with van der Waals surface area (Å²) >= 11 is 0. The van der Waals surface area contributed by atoms with Crippen molar-refractivity contribution in [3.05, 3.63) is 95.3 Å². The molecule has 0 saturated heterocycles. The van der Waals surface area contributed by atoms with Gasteiger partial charge in [0.25, 0.3) is 10.0 Å². The van der Waals surface area contributed by atoms with E-state index in [2.05, 4.69) is 4.40 Å². The van der Waals surface area contributed by atoms with E-state index in [9.17, 15) is 18.3 Å². The van der Waals surface area contributed by atoms with Crippen LogP contribution in [0.25, 0.3) is 11.5 Å². The van der Waals surface area contributed by atoms with Gasteiger partial charge >= 0.3 is 0 Å². The SMILES string of the molecule is Cc1cc(C)c[n+](C2=C([O-])c3ccccc3C(=O)C2=NS(=O)(=O)c2ccccc2)c1. The molecular weight excluding hydrogens is 400 g/mol. The number of hydrogen-bond acceptors (Lipinski definition) is 4. The fraction of sp³-hybridized carbons (Fsp3) is 0.0870. The first-order valence-corrected chi connectivity index (χ1v) is 10.7. The fourth-order valence-corrected chi connectivity index (χ4v) is 4.49. The average Bonchev–Trinajstić information content (AvgIpc) is 2.72. The summed E-state index contributed by atoms with van der Waals surface area (Å²) in [6.07, 6.45) is 3.35. The molecule has 6 nitrogen and oxygen atoms in total. The molecule has 0 bridgehead atoms. The number of benzene rings is 2. The van der Waals surface area contributed by atoms with E-state index < -0.39 is 27.3 Å². The molecule has 30 heavy (non-hydrogen) atoms. The summed E-state index contributed by atoms with van der Waals surface area (Å²) in [6.45, 7) is 3.70. The van der Waals surface area contributed by atoms with Crippen molar-refractivity contribution in [2.24, 2.45) is 4.40 Å². The van der Waals surface area contributed by atoms with E-state index in [0.717, 1.165) is 11.1 Å². The number of carbonyl (C=O) groups excluding carboxylic acids is 1. The zero-order valence-electron chi connectivity index (χ0n) is 16.4. The van der Waals surface area contributed by atoms with E-state index in [1.165, 1.54) is 22.8 Å². The number of nitrogens with zero attached hydrogens (tertiary/aromatic N) is 2. The zero-order valence-corrected chi connectivity index (χ0v) is 17.2. The normalized spacial score (nSPS) is 15.4. The van der Waals surface area contributed by atoms with Crippen LogP contribution in [0.5, 0.6) is 0 Å². The molecule has 2 aromatic carbocycles. The number of rotatable bonds is 3. The van der Waals surface area contributed by atoms with Crippen molar-refractivity contribution >= 4 is 33.0 Å². The van der Waals surface area contributed by atoms with Crippen molar-refractivity contribution in [3.63, 3.8) is 0 Å². The summed E-state index contributed by atoms with van der Waals surface area (Å²) in [5.41, 5.74) is 1.60. The molecule has 1 aromatic heterocycles. The lowest BCUT2D eigenvalue weighted by Crippen LogP contribution is -2.44. The molecule has 0 amide bonds. The second-order valence-corrected chi connectivity index (χ2v) is 8.68. The van der Waals surface area contributed by atoms with Crippen LogP contribution in [-0.2, 0) is 10.0 Å². The lowest BCUT2D eigenvalue weighted by Gasteiger charge is -2.23. The summed E-state index contributed by atoms with van der Waals surface area (Å²) in [6, 6.07) is 15.9. The van der Waals surface area contributed by atoms with Gasteiger partial charge in [-0.05, 0) is 43.4 Å². The molecule has 0 fully saturated rings. The topological polar surface area (TPSA) is 90.5 Å². The second-order valence-electron chi connectivity index (χ2n) is 7.08. The van der Waals surface area contributed by atoms with Crippen LogP contribution in [0, 0.1) is 13.8 Å². The number of aromatic nitrogens is 1. The minimum absolute atomic E-state index is 0.0543. The first-order chi connectivity index (χ1) is 14.3. The number of aryl methyl sites for hydroxylation is 2. The van der Waals surface area contributed by atoms with Gasteiger partial charge < -0.3 is 5.11 Å². The highest BCUT2D eigenvalue weighted by atomic mass is 32.2. The van der Waals surface area contributed by atoms with Gasteiger partial charge in [0, 0.05) is 16.7 Å². The van der Waals surface area contributed by atoms with E-state index in [-0.39, 0.29) is 21.7 Å². The monoisotopic (exact) mass is 418 g/mol. The molecule has 1 heterocycles. The van der Waals surface area contributed by atoms with E-state index in [4.69, 9.17) is 0 Å². The molecule has 150 valence electrons. The van der Waals surface area contributed by atoms with Crippen molar-refractivity contribution in [2.75, 3.05) is 0 Å². The summed E-state index contributed by atoms with van der Waals surface area (Å²) in [5, 5.41) is 13.3. The van der Waals surface area contributed by atoms with Gasteiger partial charge in [0.2, 0.25) is 11.5 Å². The Labute approximate surface area is 174 Å². The molecular formula is C23H18N2O4S. The van der Waals surface area contributed by atoms with Crippen LogP contribution < -0.4 is 9.67 Å². The summed E-state index contributed by atoms with van der Waals surface area (Å²) in [7, 11) is -4.20. The maximum absolute atomic E-state index is 13.3. The smallest absolute Gasteiger partial charge is 0.283 e. The fourth-order valence-electron chi connectivity index (χ4n) is 3.48. The van der Waals surface area contributed by atoms with Crippen LogP contribution in [0.15, 0.2) is 82.4 Å². The van der Waals surface area contributed by atoms with Crippen LogP contribution >= 0.6 is 0 Å². The van der Waals surface area contributed by atoms with Crippen LogP contribution in [0.2, 0.25) is 0 Å². The molecule has 1 aliphatic rings. The van der Waals surface area contributed by atoms with Gasteiger partial charge in [-0.1, -0.05) is 42.5 Å². The van der Waals surface area contributed by atoms with E-state index in [1.54, 1.807) is 48.8 Å². The Morgan fingerprint density at radius 3 is 2.07 bits per heavy atom. The molecule has 0 N–H and O–H groups in total. The predicted octanol–water partition coefficient (Wildman–Crippen LogP) is 2.30. The van der Waals surface area contributed by atoms with Gasteiger partial charge in [0.15, 0.2) is 18.1 Å². The largest absolute Gasteiger partial charge is 0.867 e. The molecule has 0 saturated carbocycles. The number of carbonyl (C=O) groups is 1. The number of pyridine rings is 1. The third-order valence-electron chi connectivity index (χ3n) is 4.72. The summed E-state index contributed by atoms with van der Waals surface area (Å²) < 4.78 is 31.1. The second kappa shape index (κ2) is 7.35. The van der Waals surface area contributed by atoms with Gasteiger partial charge in [-0.25, -0.2) is 0 Å². The molecule has 1 aliphatic carbocycles. The highest BCUT2D eigenvalue weighted by Gasteiger charge is 2.35. The minimum atomic E-state index is -4.20. The van der Waals surface area contributed by atoms with Crippen molar-refractivity contribution in [1.29, 1.82) is 0 Å². The predicted molar refractivity (Wildman–Crippen MR) is 111 cm³/mol. The molecule has 0 spiro atoms. The highest BCUT2D eigenvalue weighted by molar-refractivity contribution is 7.90. The van der Waals surface area contributed by atoms with Gasteiger partial charge in [-0.3, -0.25) is 4.79 Å². The van der Waals surface area contributed by atoms with Crippen molar-refractivity contribution in [1.82, 2.24) is 0 Å². The van der Waals surface area contributed by atoms with Crippen molar-refractivity contribution < 1.29 is 22.9 Å². The standard InChI is InChI=1S/C23H18N2O4S/c1-15-12-16(2)14-25(13-15)21-20(24-30(28,29)17-8-4-3-5-9-17)22(26)18-10-6-7-11-19(18)23(21)27/h3-14H,1-2H3. The van der Waals surface area contributed by atoms with Crippen LogP contribution in [0.1, 0.15) is 27.0 Å². The number of hydrogen-bond donors (Lipinski definition) is 0. The van der Waals surface area contributed by atoms with Gasteiger partial charge in [-0.15, -0.1) is 4.40 Å². The molecule has 0 radical (unpaired) electrons. The minimum Gasteiger partial charge on any atom is -0.867 e. The Bertz CT molecular complexity index is 1320. The Morgan fingerprint density at radius 1 is 0.867 bits per heavy atom. The maximum Gasteiger partial charge on any atom is 0.283 e. The number of fused-ring (bicyclic) bond motifs is 1. The summed E-state index contributed by atoms with van der Waals surface area (Å²) in [4.78, 5) is 13.2. The van der Waals surface area contributed by atoms with E-state index >= 15 is 0 Å². The molecule has 0 atom stereocenters. The van der Waals surface area contributed by atoms with E-state index in [1.807, 2.05) is 19.9 Å².